The largest absolute Gasteiger partial charge is 1.00 e. The van der Waals surface area contributed by atoms with Crippen LogP contribution >= 0.6 is 0 Å². The average Bonchev–Trinajstić information content (AvgIpc) is 3.63. The fraction of sp³-hybridized carbons (Fsp3) is 0.415. The van der Waals surface area contributed by atoms with Crippen molar-refractivity contribution in [3.05, 3.63) is 169 Å². The first kappa shape index (κ1) is 46.1. The van der Waals surface area contributed by atoms with Crippen LogP contribution in [-0.4, -0.2) is 3.21 Å². The van der Waals surface area contributed by atoms with Crippen molar-refractivity contribution in [1.29, 1.82) is 0 Å². The van der Waals surface area contributed by atoms with Crippen LogP contribution in [-0.2, 0) is 30.7 Å². The summed E-state index contributed by atoms with van der Waals surface area (Å²) in [6.45, 7) is 33.2. The molecule has 0 aromatic heterocycles. The van der Waals surface area contributed by atoms with Gasteiger partial charge < -0.3 is 24.8 Å². The van der Waals surface area contributed by atoms with E-state index in [1.165, 1.54) is 95.9 Å². The zero-order chi connectivity index (χ0) is 39.5. The van der Waals surface area contributed by atoms with Crippen molar-refractivity contribution in [2.45, 2.75) is 116 Å². The summed E-state index contributed by atoms with van der Waals surface area (Å²) in [7, 11) is 0. The molecule has 0 N–H and O–H groups in total. The second-order valence-electron chi connectivity index (χ2n) is 18.6. The van der Waals surface area contributed by atoms with Crippen molar-refractivity contribution < 1.29 is 49.0 Å². The molecule has 2 atom stereocenters. The van der Waals surface area contributed by atoms with Gasteiger partial charge in [0, 0.05) is 0 Å². The Hall–Kier alpha value is -2.57. The molecular weight excluding hydrogens is 799 g/mol. The van der Waals surface area contributed by atoms with Gasteiger partial charge in [0.25, 0.3) is 0 Å². The molecule has 56 heavy (non-hydrogen) atoms. The number of hydrogen-bond donors (Lipinski definition) is 0. The van der Waals surface area contributed by atoms with Gasteiger partial charge in [-0.2, -0.15) is 39.5 Å². The van der Waals surface area contributed by atoms with Gasteiger partial charge in [0.2, 0.25) is 0 Å². The fourth-order valence-electron chi connectivity index (χ4n) is 10.3. The Balaban J connectivity index is 0.000000217. The summed E-state index contributed by atoms with van der Waals surface area (Å²) in [5, 5.41) is 0. The van der Waals surface area contributed by atoms with E-state index in [2.05, 4.69) is 188 Å². The summed E-state index contributed by atoms with van der Waals surface area (Å²) in [6.07, 6.45) is 8.50. The number of fused-ring (bicyclic) bond motifs is 6. The third-order valence-corrected chi connectivity index (χ3v) is 17.1. The van der Waals surface area contributed by atoms with E-state index in [0.29, 0.717) is 5.92 Å². The molecule has 1 fully saturated rings. The van der Waals surface area contributed by atoms with Crippen LogP contribution in [0.4, 0.5) is 0 Å². The summed E-state index contributed by atoms with van der Waals surface area (Å²) < 4.78 is 1.42. The Labute approximate surface area is 368 Å². The third kappa shape index (κ3) is 7.46. The van der Waals surface area contributed by atoms with Crippen LogP contribution in [0, 0.1) is 75.0 Å². The molecule has 4 aliphatic rings. The Morgan fingerprint density at radius 2 is 1.25 bits per heavy atom. The minimum Gasteiger partial charge on any atom is -1.00 e. The number of benzene rings is 3. The number of rotatable bonds is 2. The Morgan fingerprint density at radius 1 is 0.714 bits per heavy atom. The standard InChI is InChI=1S/C29H37.C15H14.C9H13.2ClH.Zr/c1-18-25-22-17-19-13-9-10-14-20(19)24(22)21-15-11-12-16-23(21)29(25,8)28(6,7)27(4,5)26(18,2)3;1-12-3-7-14(8-4-12)11-15-9-5-13(2)6-10-15;1-6-5-7(2)9(4)8(6)3;;;/h9-11,13-15,23H,12,16-17H2,1-8H3;3-10H,1-2H3;5H,1-4H3;2*1H;/q-1;;-1;;;+2/p-2. The van der Waals surface area contributed by atoms with Crippen molar-refractivity contribution in [3.8, 4) is 0 Å². The molecule has 4 aromatic carbocycles. The summed E-state index contributed by atoms with van der Waals surface area (Å²) in [6, 6.07) is 28.9. The topological polar surface area (TPSA) is 0 Å². The van der Waals surface area contributed by atoms with Crippen molar-refractivity contribution in [1.82, 2.24) is 0 Å². The summed E-state index contributed by atoms with van der Waals surface area (Å²) >= 11 is 1.46. The molecule has 0 aliphatic heterocycles. The van der Waals surface area contributed by atoms with Crippen LogP contribution in [0.5, 0.6) is 0 Å². The van der Waals surface area contributed by atoms with Gasteiger partial charge in [-0.05, 0) is 40.6 Å². The SMILES string of the molecule is C[C-]1C2=C3Cc4ccccc4C3=C3C=CCCC3C2(C)C(C)(C)C(C)(C)C1(C)C.Cc1c[c-](C)c(C)c1C.Cc1ccc([C](=[Zr+2])c2ccc(C)cc2)cc1.[Cl-].[Cl-]. The summed E-state index contributed by atoms with van der Waals surface area (Å²) in [4.78, 5) is 0. The Kier molecular flexibility index (Phi) is 14.0. The van der Waals surface area contributed by atoms with E-state index < -0.39 is 0 Å². The Bertz CT molecular complexity index is 2090. The van der Waals surface area contributed by atoms with Crippen LogP contribution in [0.3, 0.4) is 0 Å². The monoisotopic (exact) mass is 860 g/mol. The quantitative estimate of drug-likeness (QED) is 0.179. The van der Waals surface area contributed by atoms with E-state index in [4.69, 9.17) is 0 Å². The summed E-state index contributed by atoms with van der Waals surface area (Å²) in [5.74, 6) is 2.24. The van der Waals surface area contributed by atoms with E-state index in [1.807, 2.05) is 0 Å². The van der Waals surface area contributed by atoms with Crippen LogP contribution in [0.15, 0.2) is 108 Å². The second kappa shape index (κ2) is 17.0. The van der Waals surface area contributed by atoms with Crippen LogP contribution < -0.4 is 24.8 Å². The van der Waals surface area contributed by atoms with Gasteiger partial charge in [-0.1, -0.05) is 141 Å². The maximum absolute atomic E-state index is 2.62. The molecular formula is C53H64Cl2Zr-2. The second-order valence-corrected chi connectivity index (χ2v) is 19.8. The van der Waals surface area contributed by atoms with E-state index >= 15 is 0 Å². The van der Waals surface area contributed by atoms with Gasteiger partial charge >= 0.3 is 112 Å². The normalized spacial score (nSPS) is 21.8. The Morgan fingerprint density at radius 3 is 1.73 bits per heavy atom. The number of aryl methyl sites for hydroxylation is 4. The zero-order valence-corrected chi connectivity index (χ0v) is 40.6. The van der Waals surface area contributed by atoms with Crippen LogP contribution in [0.1, 0.15) is 124 Å². The van der Waals surface area contributed by atoms with Crippen molar-refractivity contribution in [3.63, 3.8) is 0 Å². The van der Waals surface area contributed by atoms with Crippen LogP contribution in [0.25, 0.3) is 5.57 Å². The summed E-state index contributed by atoms with van der Waals surface area (Å²) in [5.41, 5.74) is 21.4. The maximum atomic E-state index is 2.62. The first-order valence-corrected chi connectivity index (χ1v) is 21.5. The first-order valence-electron chi connectivity index (χ1n) is 20.3. The van der Waals surface area contributed by atoms with E-state index in [9.17, 15) is 0 Å². The molecule has 0 nitrogen and oxygen atoms in total. The molecule has 3 heteroatoms. The van der Waals surface area contributed by atoms with Gasteiger partial charge in [0.15, 0.2) is 0 Å². The smallest absolute Gasteiger partial charge is 1.00 e. The molecule has 0 spiro atoms. The average molecular weight is 863 g/mol. The van der Waals surface area contributed by atoms with Crippen molar-refractivity contribution >= 4 is 8.78 Å². The van der Waals surface area contributed by atoms with Crippen LogP contribution in [0.2, 0.25) is 0 Å². The van der Waals surface area contributed by atoms with E-state index in [0.717, 1.165) is 6.42 Å². The van der Waals surface area contributed by atoms with Gasteiger partial charge in [0.05, 0.1) is 0 Å². The maximum Gasteiger partial charge on any atom is -1.00 e. The van der Waals surface area contributed by atoms with Crippen molar-refractivity contribution in [2.24, 2.45) is 27.6 Å². The van der Waals surface area contributed by atoms with Gasteiger partial charge in [-0.15, -0.1) is 6.92 Å². The molecule has 4 aliphatic carbocycles. The van der Waals surface area contributed by atoms with Crippen molar-refractivity contribution in [2.75, 3.05) is 0 Å². The molecule has 0 radical (unpaired) electrons. The van der Waals surface area contributed by atoms with E-state index in [-0.39, 0.29) is 46.5 Å². The molecule has 4 aromatic rings. The van der Waals surface area contributed by atoms with Gasteiger partial charge in [-0.25, -0.2) is 5.92 Å². The predicted molar refractivity (Wildman–Crippen MR) is 231 cm³/mol. The third-order valence-electron chi connectivity index (χ3n) is 15.7. The number of allylic oxidation sites excluding steroid dienone is 6. The number of halogens is 2. The molecule has 0 amide bonds. The minimum atomic E-state index is 0. The molecule has 0 heterocycles. The number of hydrogen-bond acceptors (Lipinski definition) is 0. The van der Waals surface area contributed by atoms with Gasteiger partial charge in [-0.3, -0.25) is 0 Å². The molecule has 2 unspecified atom stereocenters. The molecule has 8 rings (SSSR count). The minimum absolute atomic E-state index is 0. The molecule has 1 saturated carbocycles. The molecule has 296 valence electrons. The molecule has 0 saturated heterocycles. The molecule has 0 bridgehead atoms. The predicted octanol–water partition coefficient (Wildman–Crippen LogP) is 8.03. The van der Waals surface area contributed by atoms with E-state index in [1.54, 1.807) is 28.2 Å². The fourth-order valence-corrected chi connectivity index (χ4v) is 11.1. The van der Waals surface area contributed by atoms with Gasteiger partial charge in [0.1, 0.15) is 0 Å². The zero-order valence-electron chi connectivity index (χ0n) is 36.6. The first-order chi connectivity index (χ1) is 25.3.